The Morgan fingerprint density at radius 3 is 2.17 bits per heavy atom. The summed E-state index contributed by atoms with van der Waals surface area (Å²) in [6, 6.07) is 4.57. The quantitative estimate of drug-likeness (QED) is 0.257. The van der Waals surface area contributed by atoms with Gasteiger partial charge in [-0.05, 0) is 62.8 Å². The van der Waals surface area contributed by atoms with E-state index in [9.17, 15) is 28.8 Å². The van der Waals surface area contributed by atoms with Gasteiger partial charge in [-0.3, -0.25) is 33.7 Å². The summed E-state index contributed by atoms with van der Waals surface area (Å²) in [6.45, 7) is 12.3. The van der Waals surface area contributed by atoms with Crippen molar-refractivity contribution < 1.29 is 33.5 Å². The van der Waals surface area contributed by atoms with Gasteiger partial charge in [0.05, 0.1) is 11.5 Å². The van der Waals surface area contributed by atoms with Crippen molar-refractivity contribution in [3.8, 4) is 0 Å². The van der Waals surface area contributed by atoms with E-state index in [1.165, 1.54) is 0 Å². The van der Waals surface area contributed by atoms with Crippen LogP contribution >= 0.6 is 0 Å². The average Bonchev–Trinajstić information content (AvgIpc) is 3.20. The summed E-state index contributed by atoms with van der Waals surface area (Å²) in [7, 11) is 0. The van der Waals surface area contributed by atoms with Gasteiger partial charge in [-0.15, -0.1) is 0 Å². The third kappa shape index (κ3) is 9.95. The highest BCUT2D eigenvalue weighted by Gasteiger charge is 2.31. The Labute approximate surface area is 242 Å². The van der Waals surface area contributed by atoms with E-state index < -0.39 is 41.6 Å². The van der Waals surface area contributed by atoms with E-state index in [0.29, 0.717) is 5.69 Å². The summed E-state index contributed by atoms with van der Waals surface area (Å²) in [5, 5.41) is 5.48. The van der Waals surface area contributed by atoms with Crippen molar-refractivity contribution in [3.05, 3.63) is 41.5 Å². The van der Waals surface area contributed by atoms with E-state index >= 15 is 0 Å². The number of hydrogen-bond acceptors (Lipinski definition) is 7. The number of unbranched alkanes of at least 4 members (excludes halogenated alkanes) is 1. The van der Waals surface area contributed by atoms with Crippen LogP contribution in [0.5, 0.6) is 0 Å². The monoisotopic (exact) mass is 569 g/mol. The Morgan fingerprint density at radius 2 is 1.61 bits per heavy atom. The minimum atomic E-state index is -0.880. The van der Waals surface area contributed by atoms with E-state index in [1.54, 1.807) is 47.6 Å². The van der Waals surface area contributed by atoms with Crippen molar-refractivity contribution >= 4 is 41.1 Å². The maximum atomic E-state index is 13.1. The number of amides is 4. The zero-order valence-corrected chi connectivity index (χ0v) is 25.2. The van der Waals surface area contributed by atoms with Crippen molar-refractivity contribution in [2.45, 2.75) is 86.8 Å². The molecule has 0 radical (unpaired) electrons. The number of hydrogen-bond donors (Lipinski definition) is 2. The molecule has 0 aromatic heterocycles. The van der Waals surface area contributed by atoms with Crippen LogP contribution in [-0.2, 0) is 46.5 Å². The van der Waals surface area contributed by atoms with Crippen LogP contribution in [0.3, 0.4) is 0 Å². The molecule has 0 bridgehead atoms. The number of carbonyl (C=O) groups excluding carboxylic acids is 6. The first-order valence-electron chi connectivity index (χ1n) is 14.1. The lowest BCUT2D eigenvalue weighted by atomic mass is 9.92. The van der Waals surface area contributed by atoms with Crippen molar-refractivity contribution in [3.63, 3.8) is 0 Å². The van der Waals surface area contributed by atoms with Gasteiger partial charge in [0.15, 0.2) is 5.78 Å². The number of ketones is 1. The van der Waals surface area contributed by atoms with Crippen LogP contribution in [-0.4, -0.2) is 52.9 Å². The highest BCUT2D eigenvalue weighted by molar-refractivity contribution is 6.14. The van der Waals surface area contributed by atoms with Crippen LogP contribution in [0.1, 0.15) is 78.9 Å². The molecule has 2 atom stereocenters. The number of imide groups is 1. The molecule has 0 aliphatic carbocycles. The summed E-state index contributed by atoms with van der Waals surface area (Å²) in [6.07, 6.45) is 4.73. The molecule has 0 fully saturated rings. The van der Waals surface area contributed by atoms with Crippen LogP contribution in [0.2, 0.25) is 0 Å². The van der Waals surface area contributed by atoms with Crippen molar-refractivity contribution in [2.75, 3.05) is 11.9 Å². The first kappa shape index (κ1) is 33.4. The fourth-order valence-corrected chi connectivity index (χ4v) is 4.16. The molecule has 41 heavy (non-hydrogen) atoms. The number of Topliss-reactive ketones (excluding diaryl/α,β-unsaturated/α-hetero) is 1. The van der Waals surface area contributed by atoms with Gasteiger partial charge < -0.3 is 15.4 Å². The minimum absolute atomic E-state index is 0.110. The summed E-state index contributed by atoms with van der Waals surface area (Å²) < 4.78 is 5.50. The molecule has 1 aromatic rings. The van der Waals surface area contributed by atoms with Gasteiger partial charge in [0.1, 0.15) is 13.2 Å². The van der Waals surface area contributed by atoms with E-state index in [4.69, 9.17) is 4.74 Å². The number of rotatable bonds is 14. The smallest absolute Gasteiger partial charge is 0.311 e. The standard InChI is InChI=1S/C31H43N3O7/c1-8-9-10-21-16-23(12-11-22(21)18-41-30(40)31(5,6)7)32-29(39)20(4)15-24(35)28(19(2)3)33-25(36)17-34-26(37)13-14-27(34)38/h11-14,16,19-20,28H,8-10,15,17-18H2,1-7H3,(H,32,39)(H,33,36)/t20-,28+/m1/s1. The summed E-state index contributed by atoms with van der Waals surface area (Å²) >= 11 is 0. The lowest BCUT2D eigenvalue weighted by Crippen LogP contribution is -2.49. The van der Waals surface area contributed by atoms with Gasteiger partial charge in [0.2, 0.25) is 11.8 Å². The van der Waals surface area contributed by atoms with Gasteiger partial charge in [-0.2, -0.15) is 0 Å². The van der Waals surface area contributed by atoms with E-state index in [1.807, 2.05) is 12.1 Å². The molecule has 224 valence electrons. The van der Waals surface area contributed by atoms with Gasteiger partial charge in [0, 0.05) is 30.2 Å². The second-order valence-corrected chi connectivity index (χ2v) is 11.9. The maximum absolute atomic E-state index is 13.1. The molecule has 1 aromatic carbocycles. The Morgan fingerprint density at radius 1 is 0.976 bits per heavy atom. The molecule has 1 aliphatic heterocycles. The number of nitrogens with zero attached hydrogens (tertiary/aromatic N) is 1. The molecule has 4 amide bonds. The zero-order chi connectivity index (χ0) is 30.9. The summed E-state index contributed by atoms with van der Waals surface area (Å²) in [5.41, 5.74) is 1.82. The number of anilines is 1. The number of nitrogens with one attached hydrogen (secondary N) is 2. The van der Waals surface area contributed by atoms with Gasteiger partial charge >= 0.3 is 5.97 Å². The van der Waals surface area contributed by atoms with E-state index in [2.05, 4.69) is 17.6 Å². The minimum Gasteiger partial charge on any atom is -0.460 e. The first-order valence-corrected chi connectivity index (χ1v) is 14.1. The average molecular weight is 570 g/mol. The number of esters is 1. The Bertz CT molecular complexity index is 1180. The number of aryl methyl sites for hydroxylation is 1. The van der Waals surface area contributed by atoms with Gasteiger partial charge in [-0.1, -0.05) is 40.2 Å². The normalized spacial score (nSPS) is 14.7. The summed E-state index contributed by atoms with van der Waals surface area (Å²) in [5.74, 6) is -3.72. The van der Waals surface area contributed by atoms with Crippen LogP contribution in [0.4, 0.5) is 5.69 Å². The third-order valence-corrected chi connectivity index (χ3v) is 6.73. The molecular formula is C31H43N3O7. The SMILES string of the molecule is CCCCc1cc(NC(=O)[C@H](C)CC(=O)[C@@H](NC(=O)CN2C(=O)C=CC2=O)C(C)C)ccc1COC(=O)C(C)(C)C. The maximum Gasteiger partial charge on any atom is 0.311 e. The molecular weight excluding hydrogens is 526 g/mol. The van der Waals surface area contributed by atoms with Gasteiger partial charge in [-0.25, -0.2) is 0 Å². The van der Waals surface area contributed by atoms with E-state index in [0.717, 1.165) is 47.4 Å². The molecule has 0 saturated heterocycles. The number of benzene rings is 1. The molecule has 0 spiro atoms. The van der Waals surface area contributed by atoms with Gasteiger partial charge in [0.25, 0.3) is 11.8 Å². The Balaban J connectivity index is 2.02. The molecule has 10 heteroatoms. The molecule has 1 aliphatic rings. The second-order valence-electron chi connectivity index (χ2n) is 11.9. The molecule has 10 nitrogen and oxygen atoms in total. The lowest BCUT2D eigenvalue weighted by Gasteiger charge is -2.24. The highest BCUT2D eigenvalue weighted by Crippen LogP contribution is 2.23. The second kappa shape index (κ2) is 14.7. The third-order valence-electron chi connectivity index (χ3n) is 6.73. The zero-order valence-electron chi connectivity index (χ0n) is 25.2. The first-order chi connectivity index (χ1) is 19.1. The van der Waals surface area contributed by atoms with Crippen molar-refractivity contribution in [1.82, 2.24) is 10.2 Å². The van der Waals surface area contributed by atoms with Crippen LogP contribution in [0, 0.1) is 17.3 Å². The molecule has 0 saturated carbocycles. The predicted molar refractivity (Wildman–Crippen MR) is 154 cm³/mol. The topological polar surface area (TPSA) is 139 Å². The van der Waals surface area contributed by atoms with Crippen LogP contribution < -0.4 is 10.6 Å². The van der Waals surface area contributed by atoms with Crippen molar-refractivity contribution in [2.24, 2.45) is 17.3 Å². The molecule has 2 N–H and O–H groups in total. The lowest BCUT2D eigenvalue weighted by molar-refractivity contribution is -0.154. The van der Waals surface area contributed by atoms with E-state index in [-0.39, 0.29) is 36.6 Å². The van der Waals surface area contributed by atoms with Crippen molar-refractivity contribution in [1.29, 1.82) is 0 Å². The highest BCUT2D eigenvalue weighted by atomic mass is 16.5. The molecule has 0 unspecified atom stereocenters. The number of carbonyl (C=O) groups is 6. The summed E-state index contributed by atoms with van der Waals surface area (Å²) in [4.78, 5) is 75.1. The van der Waals surface area contributed by atoms with Crippen LogP contribution in [0.25, 0.3) is 0 Å². The fourth-order valence-electron chi connectivity index (χ4n) is 4.16. The Kier molecular flexibility index (Phi) is 12.0. The van der Waals surface area contributed by atoms with Crippen LogP contribution in [0.15, 0.2) is 30.4 Å². The largest absolute Gasteiger partial charge is 0.460 e. The predicted octanol–water partition coefficient (Wildman–Crippen LogP) is 3.72. The fraction of sp³-hybridized carbons (Fsp3) is 0.548. The number of ether oxygens (including phenoxy) is 1. The molecule has 1 heterocycles. The Hall–Kier alpha value is -3.82. The molecule has 2 rings (SSSR count).